The number of benzene rings is 6. The zero-order valence-electron chi connectivity index (χ0n) is 24.2. The van der Waals surface area contributed by atoms with E-state index in [-0.39, 0.29) is 0 Å². The Morgan fingerprint density at radius 3 is 1.21 bits per heavy atom. The van der Waals surface area contributed by atoms with Crippen molar-refractivity contribution in [3.8, 4) is 34.1 Å². The topological polar surface area (TPSA) is 70.5 Å². The number of hydrogen-bond acceptors (Lipinski definition) is 4. The van der Waals surface area contributed by atoms with Gasteiger partial charge in [-0.15, -0.1) is 0 Å². The van der Waals surface area contributed by atoms with E-state index in [9.17, 15) is 0 Å². The summed E-state index contributed by atoms with van der Waals surface area (Å²) in [5.41, 5.74) is 21.5. The lowest BCUT2D eigenvalue weighted by atomic mass is 9.66. The summed E-state index contributed by atoms with van der Waals surface area (Å²) in [7, 11) is 0. The van der Waals surface area contributed by atoms with E-state index >= 15 is 0 Å². The molecule has 43 heavy (non-hydrogen) atoms. The molecule has 0 amide bonds. The van der Waals surface area contributed by atoms with Crippen LogP contribution in [0.15, 0.2) is 133 Å². The van der Waals surface area contributed by atoms with E-state index in [0.717, 1.165) is 45.3 Å². The van der Waals surface area contributed by atoms with Crippen molar-refractivity contribution in [3.63, 3.8) is 0 Å². The molecular formula is C39H32N2O2. The average molecular weight is 561 g/mol. The van der Waals surface area contributed by atoms with Crippen LogP contribution in [-0.4, -0.2) is 0 Å². The van der Waals surface area contributed by atoms with Crippen LogP contribution in [0.2, 0.25) is 0 Å². The minimum atomic E-state index is -0.739. The Kier molecular flexibility index (Phi) is 6.40. The van der Waals surface area contributed by atoms with E-state index in [1.165, 1.54) is 22.3 Å². The van der Waals surface area contributed by atoms with E-state index in [1.807, 2.05) is 48.5 Å². The van der Waals surface area contributed by atoms with E-state index in [4.69, 9.17) is 20.9 Å². The molecule has 0 aromatic heterocycles. The number of nitrogens with two attached hydrogens (primary N) is 2. The molecule has 0 spiro atoms. The number of fused-ring (bicyclic) bond motifs is 3. The van der Waals surface area contributed by atoms with Gasteiger partial charge in [-0.2, -0.15) is 0 Å². The third-order valence-corrected chi connectivity index (χ3v) is 8.38. The summed E-state index contributed by atoms with van der Waals surface area (Å²) in [5, 5.41) is 0. The molecule has 0 bridgehead atoms. The first-order valence-electron chi connectivity index (χ1n) is 14.4. The van der Waals surface area contributed by atoms with Gasteiger partial charge in [0.25, 0.3) is 0 Å². The van der Waals surface area contributed by atoms with Crippen LogP contribution in [0.3, 0.4) is 0 Å². The fraction of sp³-hybridized carbons (Fsp3) is 0.0769. The first-order valence-corrected chi connectivity index (χ1v) is 14.4. The molecule has 210 valence electrons. The first kappa shape index (κ1) is 26.4. The van der Waals surface area contributed by atoms with E-state index in [2.05, 4.69) is 98.8 Å². The number of ether oxygens (including phenoxy) is 2. The van der Waals surface area contributed by atoms with Crippen LogP contribution in [0.4, 0.5) is 11.4 Å². The molecule has 4 nitrogen and oxygen atoms in total. The van der Waals surface area contributed by atoms with Crippen LogP contribution in [-0.2, 0) is 5.41 Å². The summed E-state index contributed by atoms with van der Waals surface area (Å²) in [6.45, 7) is 4.19. The molecule has 0 unspecified atom stereocenters. The largest absolute Gasteiger partial charge is 0.457 e. The quantitative estimate of drug-likeness (QED) is 0.199. The number of para-hydroxylation sites is 2. The Labute approximate surface area is 252 Å². The van der Waals surface area contributed by atoms with Gasteiger partial charge in [0.05, 0.1) is 5.41 Å². The van der Waals surface area contributed by atoms with Crippen LogP contribution in [0, 0.1) is 13.8 Å². The number of anilines is 2. The zero-order valence-corrected chi connectivity index (χ0v) is 24.2. The maximum Gasteiger partial charge on any atom is 0.135 e. The molecule has 0 aliphatic heterocycles. The first-order chi connectivity index (χ1) is 21.0. The van der Waals surface area contributed by atoms with Crippen LogP contribution in [0.1, 0.15) is 33.4 Å². The monoisotopic (exact) mass is 560 g/mol. The molecule has 0 atom stereocenters. The van der Waals surface area contributed by atoms with Gasteiger partial charge in [0.1, 0.15) is 23.0 Å². The summed E-state index contributed by atoms with van der Waals surface area (Å²) in [6, 6.07) is 45.2. The van der Waals surface area contributed by atoms with Gasteiger partial charge in [-0.25, -0.2) is 0 Å². The molecule has 6 aromatic carbocycles. The van der Waals surface area contributed by atoms with E-state index in [1.54, 1.807) is 0 Å². The minimum Gasteiger partial charge on any atom is -0.457 e. The second-order valence-electron chi connectivity index (χ2n) is 11.1. The van der Waals surface area contributed by atoms with Crippen LogP contribution < -0.4 is 20.9 Å². The van der Waals surface area contributed by atoms with Gasteiger partial charge < -0.3 is 20.9 Å². The molecule has 7 rings (SSSR count). The molecule has 0 heterocycles. The maximum absolute atomic E-state index is 6.78. The van der Waals surface area contributed by atoms with Crippen molar-refractivity contribution in [2.24, 2.45) is 0 Å². The minimum absolute atomic E-state index is 0.691. The maximum atomic E-state index is 6.78. The van der Waals surface area contributed by atoms with Crippen LogP contribution >= 0.6 is 0 Å². The zero-order chi connectivity index (χ0) is 29.6. The van der Waals surface area contributed by atoms with E-state index < -0.39 is 5.41 Å². The van der Waals surface area contributed by atoms with Crippen LogP contribution in [0.5, 0.6) is 23.0 Å². The Morgan fingerprint density at radius 1 is 0.419 bits per heavy atom. The fourth-order valence-electron chi connectivity index (χ4n) is 6.43. The lowest BCUT2D eigenvalue weighted by molar-refractivity contribution is 0.453. The molecule has 1 aliphatic carbocycles. The van der Waals surface area contributed by atoms with Gasteiger partial charge >= 0.3 is 0 Å². The third-order valence-electron chi connectivity index (χ3n) is 8.38. The highest BCUT2D eigenvalue weighted by atomic mass is 16.5. The van der Waals surface area contributed by atoms with Crippen molar-refractivity contribution in [3.05, 3.63) is 167 Å². The van der Waals surface area contributed by atoms with Gasteiger partial charge in [0, 0.05) is 22.5 Å². The second kappa shape index (κ2) is 10.4. The van der Waals surface area contributed by atoms with Gasteiger partial charge in [0.15, 0.2) is 0 Å². The van der Waals surface area contributed by atoms with Gasteiger partial charge in [-0.1, -0.05) is 84.9 Å². The molecule has 0 fully saturated rings. The predicted octanol–water partition coefficient (Wildman–Crippen LogP) is 9.42. The molecule has 4 N–H and O–H groups in total. The Morgan fingerprint density at radius 2 is 0.791 bits per heavy atom. The molecule has 6 aromatic rings. The highest BCUT2D eigenvalue weighted by Gasteiger charge is 2.49. The van der Waals surface area contributed by atoms with Gasteiger partial charge in [-0.3, -0.25) is 0 Å². The van der Waals surface area contributed by atoms with Gasteiger partial charge in [0.2, 0.25) is 0 Å². The molecular weight excluding hydrogens is 528 g/mol. The number of aryl methyl sites for hydroxylation is 2. The average Bonchev–Trinajstić information content (AvgIpc) is 3.32. The summed E-state index contributed by atoms with van der Waals surface area (Å²) in [5.74, 6) is 3.06. The molecule has 4 heteroatoms. The number of hydrogen-bond donors (Lipinski definition) is 2. The number of rotatable bonds is 6. The van der Waals surface area contributed by atoms with Crippen LogP contribution in [0.25, 0.3) is 11.1 Å². The lowest BCUT2D eigenvalue weighted by Gasteiger charge is -2.36. The van der Waals surface area contributed by atoms with E-state index in [0.29, 0.717) is 11.4 Å². The van der Waals surface area contributed by atoms with Crippen molar-refractivity contribution in [1.29, 1.82) is 0 Å². The summed E-state index contributed by atoms with van der Waals surface area (Å²) < 4.78 is 13.6. The highest BCUT2D eigenvalue weighted by Crippen LogP contribution is 2.60. The lowest BCUT2D eigenvalue weighted by Crippen LogP contribution is -2.30. The Bertz CT molecular complexity index is 1820. The summed E-state index contributed by atoms with van der Waals surface area (Å²) in [4.78, 5) is 0. The standard InChI is InChI=1S/C39H32N2O2/c1-25-9-7-15-35(37(25)42-29-21-17-27(40)18-22-29)39(33-13-5-3-11-31(33)32-12-4-6-14-34(32)39)36-16-8-10-26(2)38(36)43-30-23-19-28(41)20-24-30/h3-24H,40-41H2,1-2H3. The molecule has 1 aliphatic rings. The van der Waals surface area contributed by atoms with Crippen molar-refractivity contribution in [2.75, 3.05) is 11.5 Å². The SMILES string of the molecule is Cc1cccc(C2(c3cccc(C)c3Oc3ccc(N)cc3)c3ccccc3-c3ccccc32)c1Oc1ccc(N)cc1. The highest BCUT2D eigenvalue weighted by molar-refractivity contribution is 5.88. The Hall–Kier alpha value is -5.48. The summed E-state index contributed by atoms with van der Waals surface area (Å²) >= 11 is 0. The van der Waals surface area contributed by atoms with Crippen molar-refractivity contribution < 1.29 is 9.47 Å². The molecule has 0 saturated heterocycles. The fourth-order valence-corrected chi connectivity index (χ4v) is 6.43. The third kappa shape index (κ3) is 4.31. The smallest absolute Gasteiger partial charge is 0.135 e. The number of nitrogen functional groups attached to an aromatic ring is 2. The summed E-state index contributed by atoms with van der Waals surface area (Å²) in [6.07, 6.45) is 0. The van der Waals surface area contributed by atoms with Crippen molar-refractivity contribution >= 4 is 11.4 Å². The second-order valence-corrected chi connectivity index (χ2v) is 11.1. The van der Waals surface area contributed by atoms with Gasteiger partial charge in [-0.05, 0) is 95.8 Å². The molecule has 0 saturated carbocycles. The predicted molar refractivity (Wildman–Crippen MR) is 175 cm³/mol. The normalized spacial score (nSPS) is 12.8. The van der Waals surface area contributed by atoms with Crippen molar-refractivity contribution in [1.82, 2.24) is 0 Å². The van der Waals surface area contributed by atoms with Crippen molar-refractivity contribution in [2.45, 2.75) is 19.3 Å². The Balaban J connectivity index is 1.57. The molecule has 0 radical (unpaired) electrons.